The van der Waals surface area contributed by atoms with Gasteiger partial charge in [0.1, 0.15) is 22.8 Å². The van der Waals surface area contributed by atoms with E-state index in [-0.39, 0.29) is 5.91 Å². The van der Waals surface area contributed by atoms with Crippen molar-refractivity contribution in [3.05, 3.63) is 71.2 Å². The number of hydrogen-bond acceptors (Lipinski definition) is 3. The molecule has 1 aromatic heterocycles. The Hall–Kier alpha value is -2.95. The van der Waals surface area contributed by atoms with E-state index in [1.807, 2.05) is 24.3 Å². The normalized spacial score (nSPS) is 10.9. The highest BCUT2D eigenvalue weighted by Gasteiger charge is 2.22. The van der Waals surface area contributed by atoms with Gasteiger partial charge in [-0.2, -0.15) is 0 Å². The van der Waals surface area contributed by atoms with Crippen LogP contribution < -0.4 is 5.32 Å². The van der Waals surface area contributed by atoms with E-state index >= 15 is 0 Å². The van der Waals surface area contributed by atoms with Gasteiger partial charge in [-0.15, -0.1) is 0 Å². The van der Waals surface area contributed by atoms with Gasteiger partial charge in [-0.05, 0) is 42.7 Å². The molecule has 0 saturated heterocycles. The summed E-state index contributed by atoms with van der Waals surface area (Å²) in [5, 5.41) is 6.77. The van der Waals surface area contributed by atoms with E-state index < -0.39 is 5.82 Å². The van der Waals surface area contributed by atoms with Crippen molar-refractivity contribution >= 4 is 11.6 Å². The Morgan fingerprint density at radius 2 is 1.88 bits per heavy atom. The largest absolute Gasteiger partial charge is 0.360 e. The van der Waals surface area contributed by atoms with Gasteiger partial charge in [0, 0.05) is 11.3 Å². The third kappa shape index (κ3) is 3.60. The van der Waals surface area contributed by atoms with Crippen LogP contribution in [0.15, 0.2) is 53.1 Å². The molecule has 1 N–H and O–H groups in total. The molecule has 0 saturated carbocycles. The molecule has 0 bridgehead atoms. The first-order valence-electron chi connectivity index (χ1n) is 8.09. The summed E-state index contributed by atoms with van der Waals surface area (Å²) in [6, 6.07) is 13.6. The SMILES string of the molecule is Cc1onc(-c2cccc(F)c2)c1C(=O)Nc1ccc(C(C)C)cc1. The molecule has 5 heteroatoms. The summed E-state index contributed by atoms with van der Waals surface area (Å²) >= 11 is 0. The zero-order valence-electron chi connectivity index (χ0n) is 14.3. The van der Waals surface area contributed by atoms with Gasteiger partial charge in [0.05, 0.1) is 0 Å². The van der Waals surface area contributed by atoms with Crippen molar-refractivity contribution in [3.8, 4) is 11.3 Å². The van der Waals surface area contributed by atoms with E-state index in [1.165, 1.54) is 17.7 Å². The zero-order chi connectivity index (χ0) is 18.0. The number of nitrogens with zero attached hydrogens (tertiary/aromatic N) is 1. The fourth-order valence-corrected chi connectivity index (χ4v) is 2.62. The Morgan fingerprint density at radius 1 is 1.16 bits per heavy atom. The van der Waals surface area contributed by atoms with Crippen LogP contribution in [0.25, 0.3) is 11.3 Å². The maximum absolute atomic E-state index is 13.5. The summed E-state index contributed by atoms with van der Waals surface area (Å²) in [4.78, 5) is 12.7. The average Bonchev–Trinajstić information content (AvgIpc) is 2.97. The summed E-state index contributed by atoms with van der Waals surface area (Å²) in [5.74, 6) is 0.0734. The Morgan fingerprint density at radius 3 is 2.52 bits per heavy atom. The minimum atomic E-state index is -0.395. The Kier molecular flexibility index (Phi) is 4.65. The number of hydrogen-bond donors (Lipinski definition) is 1. The van der Waals surface area contributed by atoms with Crippen LogP contribution in [0.2, 0.25) is 0 Å². The molecule has 1 amide bonds. The number of rotatable bonds is 4. The number of amides is 1. The fraction of sp³-hybridized carbons (Fsp3) is 0.200. The first kappa shape index (κ1) is 16.9. The summed E-state index contributed by atoms with van der Waals surface area (Å²) < 4.78 is 18.6. The summed E-state index contributed by atoms with van der Waals surface area (Å²) in [7, 11) is 0. The topological polar surface area (TPSA) is 55.1 Å². The zero-order valence-corrected chi connectivity index (χ0v) is 14.3. The maximum Gasteiger partial charge on any atom is 0.261 e. The molecule has 0 aliphatic heterocycles. The number of carbonyl (C=O) groups excluding carboxylic acids is 1. The highest BCUT2D eigenvalue weighted by molar-refractivity contribution is 6.08. The summed E-state index contributed by atoms with van der Waals surface area (Å²) in [5.41, 5.74) is 3.00. The molecule has 1 heterocycles. The monoisotopic (exact) mass is 338 g/mol. The predicted molar refractivity (Wildman–Crippen MR) is 95.1 cm³/mol. The first-order valence-corrected chi connectivity index (χ1v) is 8.09. The second kappa shape index (κ2) is 6.89. The van der Waals surface area contributed by atoms with Crippen LogP contribution in [-0.4, -0.2) is 11.1 Å². The van der Waals surface area contributed by atoms with Gasteiger partial charge < -0.3 is 9.84 Å². The molecule has 0 aliphatic rings. The van der Waals surface area contributed by atoms with Crippen LogP contribution in [0.4, 0.5) is 10.1 Å². The average molecular weight is 338 g/mol. The molecule has 0 fully saturated rings. The lowest BCUT2D eigenvalue weighted by Crippen LogP contribution is -2.13. The molecule has 0 spiro atoms. The Balaban J connectivity index is 1.89. The van der Waals surface area contributed by atoms with Crippen molar-refractivity contribution in [1.82, 2.24) is 5.16 Å². The van der Waals surface area contributed by atoms with Crippen molar-refractivity contribution in [1.29, 1.82) is 0 Å². The molecule has 0 unspecified atom stereocenters. The number of anilines is 1. The van der Waals surface area contributed by atoms with Crippen LogP contribution in [0, 0.1) is 12.7 Å². The fourth-order valence-electron chi connectivity index (χ4n) is 2.62. The number of aryl methyl sites for hydroxylation is 1. The number of carbonyl (C=O) groups is 1. The molecule has 3 rings (SSSR count). The van der Waals surface area contributed by atoms with E-state index in [0.29, 0.717) is 34.2 Å². The predicted octanol–water partition coefficient (Wildman–Crippen LogP) is 5.16. The molecule has 3 aromatic rings. The molecular weight excluding hydrogens is 319 g/mol. The third-order valence-electron chi connectivity index (χ3n) is 4.02. The molecule has 128 valence electrons. The second-order valence-electron chi connectivity index (χ2n) is 6.20. The second-order valence-corrected chi connectivity index (χ2v) is 6.20. The summed E-state index contributed by atoms with van der Waals surface area (Å²) in [6.45, 7) is 5.88. The van der Waals surface area contributed by atoms with Gasteiger partial charge in [0.25, 0.3) is 5.91 Å². The van der Waals surface area contributed by atoms with Crippen LogP contribution in [-0.2, 0) is 0 Å². The molecule has 0 aliphatic carbocycles. The van der Waals surface area contributed by atoms with Crippen molar-refractivity contribution in [2.45, 2.75) is 26.7 Å². The van der Waals surface area contributed by atoms with Crippen LogP contribution in [0.5, 0.6) is 0 Å². The van der Waals surface area contributed by atoms with E-state index in [9.17, 15) is 9.18 Å². The highest BCUT2D eigenvalue weighted by Crippen LogP contribution is 2.27. The van der Waals surface area contributed by atoms with Crippen LogP contribution in [0.1, 0.15) is 41.4 Å². The number of benzene rings is 2. The minimum Gasteiger partial charge on any atom is -0.360 e. The lowest BCUT2D eigenvalue weighted by molar-refractivity contribution is 0.102. The molecule has 0 atom stereocenters. The number of nitrogens with one attached hydrogen (secondary N) is 1. The van der Waals surface area contributed by atoms with Crippen LogP contribution in [0.3, 0.4) is 0 Å². The molecule has 2 aromatic carbocycles. The van der Waals surface area contributed by atoms with Gasteiger partial charge in [0.2, 0.25) is 0 Å². The Labute approximate surface area is 145 Å². The van der Waals surface area contributed by atoms with Crippen molar-refractivity contribution in [2.24, 2.45) is 0 Å². The molecule has 0 radical (unpaired) electrons. The van der Waals surface area contributed by atoms with Crippen molar-refractivity contribution in [3.63, 3.8) is 0 Å². The summed E-state index contributed by atoms with van der Waals surface area (Å²) in [6.07, 6.45) is 0. The van der Waals surface area contributed by atoms with Gasteiger partial charge in [0.15, 0.2) is 0 Å². The highest BCUT2D eigenvalue weighted by atomic mass is 19.1. The standard InChI is InChI=1S/C20H19FN2O2/c1-12(2)14-7-9-17(10-8-14)22-20(24)18-13(3)25-23-19(18)15-5-4-6-16(21)11-15/h4-12H,1-3H3,(H,22,24). The lowest BCUT2D eigenvalue weighted by Gasteiger charge is -2.09. The van der Waals surface area contributed by atoms with Crippen LogP contribution >= 0.6 is 0 Å². The van der Waals surface area contributed by atoms with Crippen molar-refractivity contribution < 1.29 is 13.7 Å². The number of halogens is 1. The van der Waals surface area contributed by atoms with E-state index in [1.54, 1.807) is 19.1 Å². The van der Waals surface area contributed by atoms with Gasteiger partial charge in [-0.1, -0.05) is 43.3 Å². The van der Waals surface area contributed by atoms with Gasteiger partial charge in [-0.3, -0.25) is 4.79 Å². The molecule has 25 heavy (non-hydrogen) atoms. The third-order valence-corrected chi connectivity index (χ3v) is 4.02. The quantitative estimate of drug-likeness (QED) is 0.714. The smallest absolute Gasteiger partial charge is 0.261 e. The molecular formula is C20H19FN2O2. The van der Waals surface area contributed by atoms with Crippen molar-refractivity contribution in [2.75, 3.05) is 5.32 Å². The molecule has 4 nitrogen and oxygen atoms in total. The Bertz CT molecular complexity index is 898. The maximum atomic E-state index is 13.5. The van der Waals surface area contributed by atoms with E-state index in [0.717, 1.165) is 0 Å². The van der Waals surface area contributed by atoms with Gasteiger partial charge >= 0.3 is 0 Å². The van der Waals surface area contributed by atoms with E-state index in [4.69, 9.17) is 4.52 Å². The van der Waals surface area contributed by atoms with E-state index in [2.05, 4.69) is 24.3 Å². The first-order chi connectivity index (χ1) is 12.0. The number of aromatic nitrogens is 1. The van der Waals surface area contributed by atoms with Gasteiger partial charge in [-0.25, -0.2) is 4.39 Å². The minimum absolute atomic E-state index is 0.304. The lowest BCUT2D eigenvalue weighted by atomic mass is 10.0.